The van der Waals surface area contributed by atoms with E-state index in [0.29, 0.717) is 27.5 Å². The molecule has 0 amide bonds. The Bertz CT molecular complexity index is 972. The van der Waals surface area contributed by atoms with Crippen molar-refractivity contribution >= 4 is 57.5 Å². The number of carbonyl (C=O) groups is 1. The van der Waals surface area contributed by atoms with Gasteiger partial charge in [-0.2, -0.15) is 0 Å². The molecular formula is C19H19NaO4. The number of aryl methyl sites for hydroxylation is 2. The molecule has 0 fully saturated rings. The Morgan fingerprint density at radius 3 is 2.33 bits per heavy atom. The van der Waals surface area contributed by atoms with Crippen LogP contribution in [0.5, 0.6) is 0 Å². The first-order valence-corrected chi connectivity index (χ1v) is 7.77. The third-order valence-electron chi connectivity index (χ3n) is 4.22. The summed E-state index contributed by atoms with van der Waals surface area (Å²) in [4.78, 5) is 23.9. The average Bonchev–Trinajstić information content (AvgIpc) is 2.54. The minimum atomic E-state index is -0.946. The van der Waals surface area contributed by atoms with Crippen LogP contribution in [-0.2, 0) is 24.1 Å². The van der Waals surface area contributed by atoms with E-state index in [2.05, 4.69) is 6.92 Å². The molecule has 1 heterocycles. The number of fused-ring (bicyclic) bond motifs is 2. The normalized spacial score (nSPS) is 10.8. The monoisotopic (exact) mass is 334 g/mol. The van der Waals surface area contributed by atoms with Crippen LogP contribution >= 0.6 is 0 Å². The summed E-state index contributed by atoms with van der Waals surface area (Å²) in [5.41, 5.74) is 3.56. The van der Waals surface area contributed by atoms with Gasteiger partial charge in [0.05, 0.1) is 17.2 Å². The van der Waals surface area contributed by atoms with Gasteiger partial charge in [-0.15, -0.1) is 0 Å². The number of benzene rings is 2. The van der Waals surface area contributed by atoms with Gasteiger partial charge >= 0.3 is 35.5 Å². The Labute approximate surface area is 161 Å². The van der Waals surface area contributed by atoms with Gasteiger partial charge in [-0.3, -0.25) is 9.59 Å². The number of hydrogen-bond donors (Lipinski definition) is 1. The molecule has 0 atom stereocenters. The van der Waals surface area contributed by atoms with Gasteiger partial charge in [-0.1, -0.05) is 32.0 Å². The first kappa shape index (κ1) is 18.7. The van der Waals surface area contributed by atoms with E-state index < -0.39 is 5.97 Å². The van der Waals surface area contributed by atoms with Gasteiger partial charge in [-0.25, -0.2) is 0 Å². The van der Waals surface area contributed by atoms with E-state index in [1.807, 2.05) is 19.1 Å². The van der Waals surface area contributed by atoms with Gasteiger partial charge in [0.25, 0.3) is 0 Å². The van der Waals surface area contributed by atoms with Crippen LogP contribution in [0.15, 0.2) is 39.5 Å². The van der Waals surface area contributed by atoms with E-state index in [4.69, 9.17) is 9.52 Å². The Balaban J connectivity index is 0.00000208. The molecular weight excluding hydrogens is 315 g/mol. The number of aliphatic carboxylic acids is 1. The molecule has 4 nitrogen and oxygen atoms in total. The summed E-state index contributed by atoms with van der Waals surface area (Å²) in [6.45, 7) is 4.09. The van der Waals surface area contributed by atoms with Gasteiger partial charge in [0.2, 0.25) is 5.43 Å². The zero-order chi connectivity index (χ0) is 16.6. The average molecular weight is 334 g/mol. The molecule has 0 aliphatic heterocycles. The van der Waals surface area contributed by atoms with Crippen LogP contribution in [0.25, 0.3) is 21.9 Å². The van der Waals surface area contributed by atoms with Crippen molar-refractivity contribution in [1.82, 2.24) is 0 Å². The Morgan fingerprint density at radius 2 is 1.71 bits per heavy atom. The van der Waals surface area contributed by atoms with Crippen LogP contribution in [0.4, 0.5) is 0 Å². The van der Waals surface area contributed by atoms with E-state index in [0.717, 1.165) is 24.0 Å². The predicted molar refractivity (Wildman–Crippen MR) is 97.2 cm³/mol. The summed E-state index contributed by atoms with van der Waals surface area (Å²) in [5, 5.41) is 10.1. The van der Waals surface area contributed by atoms with E-state index in [1.54, 1.807) is 18.2 Å². The molecule has 1 N–H and O–H groups in total. The molecule has 0 bridgehead atoms. The molecule has 0 radical (unpaired) electrons. The molecule has 120 valence electrons. The second-order valence-corrected chi connectivity index (χ2v) is 5.58. The van der Waals surface area contributed by atoms with E-state index in [-0.39, 0.29) is 41.4 Å². The first-order chi connectivity index (χ1) is 11.1. The molecule has 24 heavy (non-hydrogen) atoms. The van der Waals surface area contributed by atoms with Crippen molar-refractivity contribution in [3.05, 3.63) is 57.2 Å². The van der Waals surface area contributed by atoms with Crippen LogP contribution in [0, 0.1) is 0 Å². The van der Waals surface area contributed by atoms with Gasteiger partial charge in [0.15, 0.2) is 0 Å². The number of para-hydroxylation sites is 1. The topological polar surface area (TPSA) is 67.5 Å². The van der Waals surface area contributed by atoms with Crippen LogP contribution < -0.4 is 5.43 Å². The zero-order valence-corrected chi connectivity index (χ0v) is 13.2. The summed E-state index contributed by atoms with van der Waals surface area (Å²) in [5.74, 6) is -0.946. The second kappa shape index (κ2) is 7.51. The molecule has 3 aromatic rings. The summed E-state index contributed by atoms with van der Waals surface area (Å²) >= 11 is 0. The van der Waals surface area contributed by atoms with Crippen molar-refractivity contribution in [3.63, 3.8) is 0 Å². The van der Waals surface area contributed by atoms with Crippen molar-refractivity contribution < 1.29 is 14.3 Å². The predicted octanol–water partition coefficient (Wildman–Crippen LogP) is 3.05. The van der Waals surface area contributed by atoms with Crippen LogP contribution in [-0.4, -0.2) is 40.6 Å². The summed E-state index contributed by atoms with van der Waals surface area (Å²) in [6.07, 6.45) is 1.45. The minimum absolute atomic E-state index is 0. The fourth-order valence-electron chi connectivity index (χ4n) is 3.12. The van der Waals surface area contributed by atoms with Gasteiger partial charge < -0.3 is 9.52 Å². The third kappa shape index (κ3) is 3.14. The summed E-state index contributed by atoms with van der Waals surface area (Å²) in [7, 11) is 0. The number of carboxylic acids is 1. The van der Waals surface area contributed by atoms with Crippen LogP contribution in [0.3, 0.4) is 0 Å². The van der Waals surface area contributed by atoms with E-state index in [1.165, 1.54) is 0 Å². The molecule has 0 spiro atoms. The molecule has 0 saturated heterocycles. The molecule has 0 saturated carbocycles. The van der Waals surface area contributed by atoms with Crippen molar-refractivity contribution in [2.24, 2.45) is 0 Å². The maximum atomic E-state index is 12.8. The molecule has 2 aromatic carbocycles. The quantitative estimate of drug-likeness (QED) is 0.588. The summed E-state index contributed by atoms with van der Waals surface area (Å²) in [6, 6.07) is 8.86. The zero-order valence-electron chi connectivity index (χ0n) is 13.2. The molecule has 0 aliphatic carbocycles. The fraction of sp³-hybridized carbons (Fsp3) is 0.263. The van der Waals surface area contributed by atoms with Crippen LogP contribution in [0.1, 0.15) is 30.5 Å². The van der Waals surface area contributed by atoms with Crippen molar-refractivity contribution in [1.29, 1.82) is 0 Å². The standard InChI is InChI=1S/C19H18O4.Na.H/c1-3-11-8-9-15-17(22)14-7-5-6-12(10-16(20)21)18(14)23-19(15)13(11)4-2;;/h5-9H,3-4,10H2,1-2H3,(H,20,21);;. The van der Waals surface area contributed by atoms with Crippen molar-refractivity contribution in [3.8, 4) is 0 Å². The Morgan fingerprint density at radius 1 is 1.00 bits per heavy atom. The molecule has 1 aromatic heterocycles. The van der Waals surface area contributed by atoms with Gasteiger partial charge in [0, 0.05) is 5.56 Å². The summed E-state index contributed by atoms with van der Waals surface area (Å²) < 4.78 is 6.06. The first-order valence-electron chi connectivity index (χ1n) is 7.77. The van der Waals surface area contributed by atoms with E-state index in [9.17, 15) is 9.59 Å². The van der Waals surface area contributed by atoms with Gasteiger partial charge in [-0.05, 0) is 36.1 Å². The van der Waals surface area contributed by atoms with Crippen molar-refractivity contribution in [2.75, 3.05) is 0 Å². The third-order valence-corrected chi connectivity index (χ3v) is 4.22. The number of hydrogen-bond acceptors (Lipinski definition) is 3. The molecule has 0 unspecified atom stereocenters. The van der Waals surface area contributed by atoms with Gasteiger partial charge in [0.1, 0.15) is 11.2 Å². The number of rotatable bonds is 4. The van der Waals surface area contributed by atoms with Crippen molar-refractivity contribution in [2.45, 2.75) is 33.1 Å². The Hall–Kier alpha value is -1.62. The molecule has 3 rings (SSSR count). The second-order valence-electron chi connectivity index (χ2n) is 5.58. The molecule has 5 heteroatoms. The number of carboxylic acid groups (broad SMARTS) is 1. The Kier molecular flexibility index (Phi) is 5.86. The maximum absolute atomic E-state index is 12.8. The molecule has 0 aliphatic rings. The SMILES string of the molecule is CCc1ccc2c(=O)c3cccc(CC(=O)O)c3oc2c1CC.[NaH]. The van der Waals surface area contributed by atoms with E-state index >= 15 is 0 Å². The fourth-order valence-corrected chi connectivity index (χ4v) is 3.12. The van der Waals surface area contributed by atoms with Crippen LogP contribution in [0.2, 0.25) is 0 Å².